The van der Waals surface area contributed by atoms with Crippen LogP contribution in [0.4, 0.5) is 4.39 Å². The van der Waals surface area contributed by atoms with Crippen LogP contribution in [0.15, 0.2) is 47.8 Å². The molecule has 1 heterocycles. The normalized spacial score (nSPS) is 11.4. The summed E-state index contributed by atoms with van der Waals surface area (Å²) in [4.78, 5) is 28.8. The molecule has 2 N–H and O–H groups in total. The Morgan fingerprint density at radius 2 is 1.77 bits per heavy atom. The van der Waals surface area contributed by atoms with Gasteiger partial charge in [-0.3, -0.25) is 20.4 Å². The molecule has 1 aromatic heterocycles. The summed E-state index contributed by atoms with van der Waals surface area (Å²) in [6.45, 7) is 1.43. The smallest absolute Gasteiger partial charge is 0.289 e. The Balaban J connectivity index is 1.63. The predicted molar refractivity (Wildman–Crippen MR) is 113 cm³/mol. The highest BCUT2D eigenvalue weighted by atomic mass is 32.1. The lowest BCUT2D eigenvalue weighted by Crippen LogP contribution is -2.47. The monoisotopic (exact) mass is 445 g/mol. The summed E-state index contributed by atoms with van der Waals surface area (Å²) in [6, 6.07) is 11.1. The van der Waals surface area contributed by atoms with Crippen LogP contribution in [-0.4, -0.2) is 37.1 Å². The van der Waals surface area contributed by atoms with Gasteiger partial charge in [0.2, 0.25) is 0 Å². The highest BCUT2D eigenvalue weighted by Gasteiger charge is 2.20. The maximum atomic E-state index is 13.6. The third-order valence-electron chi connectivity index (χ3n) is 4.18. The van der Waals surface area contributed by atoms with E-state index in [1.165, 1.54) is 50.7 Å². The second-order valence-corrected chi connectivity index (χ2v) is 7.07. The van der Waals surface area contributed by atoms with Crippen LogP contribution in [-0.2, 0) is 4.79 Å². The minimum absolute atomic E-state index is 0.0622. The summed E-state index contributed by atoms with van der Waals surface area (Å²) in [5.74, 6) is -0.879. The molecule has 3 aromatic rings. The number of carbonyl (C=O) groups excluding carboxylic acids is 2. The number of nitrogens with one attached hydrogen (secondary N) is 2. The number of hydrazine groups is 1. The number of nitrogens with zero attached hydrogens (tertiary/aromatic N) is 1. The standard InChI is InChI=1S/C21H20FN3O5S/c1-12(30-16-9-5-4-8-14(16)22)19(26)24-25-20(27)15-11-31-21(23-15)13-7-6-10-17(28-2)18(13)29-3/h4-12H,1-3H3,(H,24,26)(H,25,27)/t12-/m1/s1. The summed E-state index contributed by atoms with van der Waals surface area (Å²) in [6.07, 6.45) is -1.04. The SMILES string of the molecule is COc1cccc(-c2nc(C(=O)NNC(=O)[C@@H](C)Oc3ccccc3F)cs2)c1OC. The summed E-state index contributed by atoms with van der Waals surface area (Å²) in [5.41, 5.74) is 5.29. The van der Waals surface area contributed by atoms with E-state index in [0.717, 1.165) is 0 Å². The molecular weight excluding hydrogens is 425 g/mol. The molecule has 0 aliphatic heterocycles. The molecular formula is C21H20FN3O5S. The number of ether oxygens (including phenoxy) is 3. The largest absolute Gasteiger partial charge is 0.493 e. The predicted octanol–water partition coefficient (Wildman–Crippen LogP) is 3.19. The van der Waals surface area contributed by atoms with Crippen LogP contribution in [0.25, 0.3) is 10.6 Å². The molecule has 0 bridgehead atoms. The maximum absolute atomic E-state index is 13.6. The Bertz CT molecular complexity index is 1090. The first-order valence-electron chi connectivity index (χ1n) is 9.12. The molecule has 2 aromatic carbocycles. The minimum atomic E-state index is -1.04. The third-order valence-corrected chi connectivity index (χ3v) is 5.05. The molecule has 0 saturated carbocycles. The lowest BCUT2D eigenvalue weighted by molar-refractivity contribution is -0.128. The molecule has 2 amide bonds. The third kappa shape index (κ3) is 5.10. The summed E-state index contributed by atoms with van der Waals surface area (Å²) in [7, 11) is 3.05. The number of amides is 2. The van der Waals surface area contributed by atoms with E-state index in [4.69, 9.17) is 14.2 Å². The van der Waals surface area contributed by atoms with E-state index in [0.29, 0.717) is 22.1 Å². The van der Waals surface area contributed by atoms with E-state index in [1.807, 2.05) is 0 Å². The highest BCUT2D eigenvalue weighted by molar-refractivity contribution is 7.13. The van der Waals surface area contributed by atoms with Crippen molar-refractivity contribution >= 4 is 23.2 Å². The first-order chi connectivity index (χ1) is 14.9. The molecule has 0 aliphatic rings. The number of hydrogen-bond donors (Lipinski definition) is 2. The van der Waals surface area contributed by atoms with E-state index in [9.17, 15) is 14.0 Å². The highest BCUT2D eigenvalue weighted by Crippen LogP contribution is 2.38. The van der Waals surface area contributed by atoms with Gasteiger partial charge >= 0.3 is 0 Å². The second kappa shape index (κ2) is 9.90. The summed E-state index contributed by atoms with van der Waals surface area (Å²) < 4.78 is 29.6. The van der Waals surface area contributed by atoms with Crippen molar-refractivity contribution in [3.05, 3.63) is 59.4 Å². The Labute approximate surface area is 181 Å². The lowest BCUT2D eigenvalue weighted by atomic mass is 10.2. The zero-order chi connectivity index (χ0) is 22.4. The molecule has 31 heavy (non-hydrogen) atoms. The van der Waals surface area contributed by atoms with Gasteiger partial charge in [0, 0.05) is 5.38 Å². The van der Waals surface area contributed by atoms with Gasteiger partial charge in [0.15, 0.2) is 29.2 Å². The Morgan fingerprint density at radius 1 is 1.03 bits per heavy atom. The first kappa shape index (κ1) is 22.0. The fraction of sp³-hybridized carbons (Fsp3) is 0.190. The Kier molecular flexibility index (Phi) is 7.03. The number of aromatic nitrogens is 1. The van der Waals surface area contributed by atoms with E-state index in [1.54, 1.807) is 29.6 Å². The van der Waals surface area contributed by atoms with Gasteiger partial charge in [-0.1, -0.05) is 18.2 Å². The first-order valence-corrected chi connectivity index (χ1v) is 10.0. The maximum Gasteiger partial charge on any atom is 0.289 e. The Hall–Kier alpha value is -3.66. The zero-order valence-electron chi connectivity index (χ0n) is 17.0. The van der Waals surface area contributed by atoms with Gasteiger partial charge in [-0.25, -0.2) is 9.37 Å². The van der Waals surface area contributed by atoms with Gasteiger partial charge in [0.1, 0.15) is 10.7 Å². The molecule has 0 fully saturated rings. The van der Waals surface area contributed by atoms with E-state index < -0.39 is 23.7 Å². The summed E-state index contributed by atoms with van der Waals surface area (Å²) >= 11 is 1.24. The van der Waals surface area contributed by atoms with Crippen molar-refractivity contribution in [3.63, 3.8) is 0 Å². The molecule has 10 heteroatoms. The van der Waals surface area contributed by atoms with Crippen LogP contribution in [0.1, 0.15) is 17.4 Å². The number of thiazole rings is 1. The minimum Gasteiger partial charge on any atom is -0.493 e. The van der Waals surface area contributed by atoms with Crippen molar-refractivity contribution in [3.8, 4) is 27.8 Å². The van der Waals surface area contributed by atoms with Crippen LogP contribution in [0, 0.1) is 5.82 Å². The molecule has 0 radical (unpaired) electrons. The molecule has 162 valence electrons. The molecule has 8 nitrogen and oxygen atoms in total. The van der Waals surface area contributed by atoms with Crippen molar-refractivity contribution in [2.24, 2.45) is 0 Å². The van der Waals surface area contributed by atoms with Gasteiger partial charge < -0.3 is 14.2 Å². The van der Waals surface area contributed by atoms with Gasteiger partial charge in [-0.15, -0.1) is 11.3 Å². The van der Waals surface area contributed by atoms with Gasteiger partial charge in [-0.2, -0.15) is 0 Å². The van der Waals surface area contributed by atoms with Crippen molar-refractivity contribution < 1.29 is 28.2 Å². The van der Waals surface area contributed by atoms with Gasteiger partial charge in [-0.05, 0) is 31.2 Å². The van der Waals surface area contributed by atoms with E-state index in [-0.39, 0.29) is 11.4 Å². The van der Waals surface area contributed by atoms with Crippen molar-refractivity contribution in [1.29, 1.82) is 0 Å². The van der Waals surface area contributed by atoms with Crippen molar-refractivity contribution in [2.75, 3.05) is 14.2 Å². The quantitative estimate of drug-likeness (QED) is 0.542. The average molecular weight is 445 g/mol. The Morgan fingerprint density at radius 3 is 2.48 bits per heavy atom. The summed E-state index contributed by atoms with van der Waals surface area (Å²) in [5, 5.41) is 2.10. The molecule has 0 unspecified atom stereocenters. The van der Waals surface area contributed by atoms with E-state index >= 15 is 0 Å². The number of rotatable bonds is 7. The molecule has 0 saturated heterocycles. The fourth-order valence-corrected chi connectivity index (χ4v) is 3.45. The van der Waals surface area contributed by atoms with Crippen LogP contribution in [0.5, 0.6) is 17.2 Å². The van der Waals surface area contributed by atoms with Gasteiger partial charge in [0.25, 0.3) is 11.8 Å². The number of methoxy groups -OCH3 is 2. The molecule has 0 spiro atoms. The number of carbonyl (C=O) groups is 2. The van der Waals surface area contributed by atoms with Crippen LogP contribution < -0.4 is 25.1 Å². The molecule has 1 atom stereocenters. The van der Waals surface area contributed by atoms with Crippen LogP contribution >= 0.6 is 11.3 Å². The van der Waals surface area contributed by atoms with Crippen LogP contribution in [0.3, 0.4) is 0 Å². The fourth-order valence-electron chi connectivity index (χ4n) is 2.63. The van der Waals surface area contributed by atoms with Crippen molar-refractivity contribution in [2.45, 2.75) is 13.0 Å². The topological polar surface area (TPSA) is 98.8 Å². The zero-order valence-corrected chi connectivity index (χ0v) is 17.8. The number of benzene rings is 2. The molecule has 0 aliphatic carbocycles. The van der Waals surface area contributed by atoms with Crippen molar-refractivity contribution in [1.82, 2.24) is 15.8 Å². The lowest BCUT2D eigenvalue weighted by Gasteiger charge is -2.15. The van der Waals surface area contributed by atoms with Crippen LogP contribution in [0.2, 0.25) is 0 Å². The second-order valence-electron chi connectivity index (χ2n) is 6.21. The molecule has 3 rings (SSSR count). The van der Waals surface area contributed by atoms with E-state index in [2.05, 4.69) is 15.8 Å². The average Bonchev–Trinajstić information content (AvgIpc) is 3.28. The number of halogens is 1. The number of para-hydroxylation sites is 2. The number of hydrogen-bond acceptors (Lipinski definition) is 7. The van der Waals surface area contributed by atoms with Gasteiger partial charge in [0.05, 0.1) is 19.8 Å².